The van der Waals surface area contributed by atoms with Gasteiger partial charge >= 0.3 is 0 Å². The molecule has 1 N–H and O–H groups in total. The van der Waals surface area contributed by atoms with Gasteiger partial charge in [0, 0.05) is 28.4 Å². The molecule has 0 atom stereocenters. The maximum atomic E-state index is 12.7. The van der Waals surface area contributed by atoms with E-state index in [1.54, 1.807) is 18.2 Å². The Kier molecular flexibility index (Phi) is 5.84. The maximum absolute atomic E-state index is 12.7. The fourth-order valence-corrected chi connectivity index (χ4v) is 4.20. The molecule has 0 saturated carbocycles. The molecule has 1 heterocycles. The van der Waals surface area contributed by atoms with E-state index in [4.69, 9.17) is 16.3 Å². The van der Waals surface area contributed by atoms with E-state index in [1.165, 1.54) is 5.56 Å². The van der Waals surface area contributed by atoms with E-state index < -0.39 is 0 Å². The van der Waals surface area contributed by atoms with E-state index in [1.807, 2.05) is 19.1 Å². The average Bonchev–Trinajstić information content (AvgIpc) is 2.60. The van der Waals surface area contributed by atoms with Gasteiger partial charge in [-0.05, 0) is 91.6 Å². The highest BCUT2D eigenvalue weighted by atomic mass is 79.9. The molecule has 0 bridgehead atoms. The quantitative estimate of drug-likeness (QED) is 0.669. The number of amides is 1. The van der Waals surface area contributed by atoms with Crippen LogP contribution in [0.2, 0.25) is 5.02 Å². The second-order valence-electron chi connectivity index (χ2n) is 7.25. The summed E-state index contributed by atoms with van der Waals surface area (Å²) in [5.41, 5.74) is 3.45. The van der Waals surface area contributed by atoms with Crippen molar-refractivity contribution in [2.75, 3.05) is 25.5 Å². The van der Waals surface area contributed by atoms with Crippen molar-refractivity contribution < 1.29 is 9.53 Å². The van der Waals surface area contributed by atoms with Crippen LogP contribution in [-0.2, 0) is 12.0 Å². The number of nitrogens with one attached hydrogen (secondary N) is 1. The number of halogens is 2. The molecule has 1 amide bonds. The number of rotatable bonds is 4. The molecule has 1 aliphatic rings. The van der Waals surface area contributed by atoms with Crippen LogP contribution >= 0.6 is 27.5 Å². The number of ether oxygens (including phenoxy) is 1. The van der Waals surface area contributed by atoms with Gasteiger partial charge in [-0.3, -0.25) is 9.69 Å². The van der Waals surface area contributed by atoms with E-state index in [2.05, 4.69) is 47.0 Å². The van der Waals surface area contributed by atoms with Gasteiger partial charge in [0.15, 0.2) is 0 Å². The lowest BCUT2D eigenvalue weighted by Gasteiger charge is -2.42. The summed E-state index contributed by atoms with van der Waals surface area (Å²) in [5.74, 6) is 0.535. The van der Waals surface area contributed by atoms with Crippen LogP contribution in [0.3, 0.4) is 0 Å². The predicted octanol–water partition coefficient (Wildman–Crippen LogP) is 5.48. The fraction of sp³-hybridized carbons (Fsp3) is 0.381. The zero-order valence-corrected chi connectivity index (χ0v) is 18.4. The van der Waals surface area contributed by atoms with Crippen molar-refractivity contribution in [3.8, 4) is 5.75 Å². The Labute approximate surface area is 174 Å². The molecule has 4 nitrogen and oxygen atoms in total. The Hall–Kier alpha value is -1.56. The van der Waals surface area contributed by atoms with Crippen LogP contribution in [0, 0.1) is 0 Å². The van der Waals surface area contributed by atoms with E-state index in [0.29, 0.717) is 22.9 Å². The number of hydrogen-bond acceptors (Lipinski definition) is 3. The summed E-state index contributed by atoms with van der Waals surface area (Å²) in [4.78, 5) is 15.0. The number of anilines is 1. The molecule has 0 radical (unpaired) electrons. The van der Waals surface area contributed by atoms with Gasteiger partial charge in [0.1, 0.15) is 5.75 Å². The first-order valence-corrected chi connectivity index (χ1v) is 10.2. The smallest absolute Gasteiger partial charge is 0.255 e. The third-order valence-corrected chi connectivity index (χ3v) is 6.21. The van der Waals surface area contributed by atoms with Crippen LogP contribution in [0.1, 0.15) is 42.3 Å². The minimum Gasteiger partial charge on any atom is -0.493 e. The van der Waals surface area contributed by atoms with E-state index in [0.717, 1.165) is 28.8 Å². The molecule has 0 saturated heterocycles. The molecule has 3 rings (SSSR count). The van der Waals surface area contributed by atoms with Gasteiger partial charge in [0.2, 0.25) is 0 Å². The van der Waals surface area contributed by atoms with E-state index in [-0.39, 0.29) is 11.4 Å². The molecule has 144 valence electrons. The standard InChI is InChI=1S/C21H24BrClN2O2/c1-5-27-19-7-6-13(10-17(19)22)20(26)24-14-11-16-15(18(23)12-14)8-9-25(4)21(16,2)3/h6-7,10-12H,5,8-9H2,1-4H3,(H,24,26). The Morgan fingerprint density at radius 2 is 2.07 bits per heavy atom. The second-order valence-corrected chi connectivity index (χ2v) is 8.51. The number of fused-ring (bicyclic) bond motifs is 1. The Balaban J connectivity index is 1.88. The molecule has 0 aromatic heterocycles. The van der Waals surface area contributed by atoms with Gasteiger partial charge in [-0.1, -0.05) is 11.6 Å². The lowest BCUT2D eigenvalue weighted by molar-refractivity contribution is 0.102. The second kappa shape index (κ2) is 7.82. The van der Waals surface area contributed by atoms with Crippen LogP contribution < -0.4 is 10.1 Å². The van der Waals surface area contributed by atoms with Crippen molar-refractivity contribution >= 4 is 39.1 Å². The van der Waals surface area contributed by atoms with Crippen molar-refractivity contribution in [3.63, 3.8) is 0 Å². The first-order valence-electron chi connectivity index (χ1n) is 9.02. The number of benzene rings is 2. The maximum Gasteiger partial charge on any atom is 0.255 e. The first-order chi connectivity index (χ1) is 12.7. The third kappa shape index (κ3) is 4.00. The van der Waals surface area contributed by atoms with Gasteiger partial charge in [0.25, 0.3) is 5.91 Å². The minimum absolute atomic E-state index is 0.139. The summed E-state index contributed by atoms with van der Waals surface area (Å²) >= 11 is 9.99. The van der Waals surface area contributed by atoms with Gasteiger partial charge in [-0.2, -0.15) is 0 Å². The SMILES string of the molecule is CCOc1ccc(C(=O)Nc2cc(Cl)c3c(c2)C(C)(C)N(C)CC3)cc1Br. The zero-order chi connectivity index (χ0) is 19.8. The molecule has 0 fully saturated rings. The van der Waals surface area contributed by atoms with Gasteiger partial charge in [-0.15, -0.1) is 0 Å². The molecule has 2 aromatic rings. The number of carbonyl (C=O) groups excluding carboxylic acids is 1. The van der Waals surface area contributed by atoms with Crippen LogP contribution in [0.5, 0.6) is 5.75 Å². The normalized spacial score (nSPS) is 15.9. The first kappa shape index (κ1) is 20.2. The topological polar surface area (TPSA) is 41.6 Å². The van der Waals surface area contributed by atoms with Crippen LogP contribution in [0.25, 0.3) is 0 Å². The van der Waals surface area contributed by atoms with E-state index in [9.17, 15) is 4.79 Å². The minimum atomic E-state index is -0.184. The van der Waals surface area contributed by atoms with Crippen LogP contribution in [-0.4, -0.2) is 31.0 Å². The zero-order valence-electron chi connectivity index (χ0n) is 16.0. The van der Waals surface area contributed by atoms with Crippen molar-refractivity contribution in [3.05, 3.63) is 56.5 Å². The van der Waals surface area contributed by atoms with Gasteiger partial charge in [0.05, 0.1) is 11.1 Å². The lowest BCUT2D eigenvalue weighted by Crippen LogP contribution is -2.44. The summed E-state index contributed by atoms with van der Waals surface area (Å²) in [6.07, 6.45) is 0.911. The predicted molar refractivity (Wildman–Crippen MR) is 114 cm³/mol. The van der Waals surface area contributed by atoms with Crippen molar-refractivity contribution in [1.29, 1.82) is 0 Å². The molecule has 27 heavy (non-hydrogen) atoms. The van der Waals surface area contributed by atoms with Gasteiger partial charge in [-0.25, -0.2) is 0 Å². The average molecular weight is 452 g/mol. The van der Waals surface area contributed by atoms with Crippen molar-refractivity contribution in [1.82, 2.24) is 4.90 Å². The highest BCUT2D eigenvalue weighted by Gasteiger charge is 2.33. The molecule has 2 aromatic carbocycles. The highest BCUT2D eigenvalue weighted by molar-refractivity contribution is 9.10. The summed E-state index contributed by atoms with van der Waals surface area (Å²) in [6, 6.07) is 9.18. The lowest BCUT2D eigenvalue weighted by atomic mass is 9.83. The fourth-order valence-electron chi connectivity index (χ4n) is 3.39. The van der Waals surface area contributed by atoms with Crippen LogP contribution in [0.4, 0.5) is 5.69 Å². The summed E-state index contributed by atoms with van der Waals surface area (Å²) in [5, 5.41) is 3.68. The molecule has 1 aliphatic heterocycles. The van der Waals surface area contributed by atoms with Crippen molar-refractivity contribution in [2.45, 2.75) is 32.7 Å². The molecular weight excluding hydrogens is 428 g/mol. The van der Waals surface area contributed by atoms with E-state index >= 15 is 0 Å². The number of nitrogens with zero attached hydrogens (tertiary/aromatic N) is 1. The number of hydrogen-bond donors (Lipinski definition) is 1. The summed E-state index contributed by atoms with van der Waals surface area (Å²) in [7, 11) is 2.11. The largest absolute Gasteiger partial charge is 0.493 e. The summed E-state index contributed by atoms with van der Waals surface area (Å²) < 4.78 is 6.25. The van der Waals surface area contributed by atoms with Crippen LogP contribution in [0.15, 0.2) is 34.8 Å². The molecule has 6 heteroatoms. The molecule has 0 aliphatic carbocycles. The Morgan fingerprint density at radius 3 is 2.74 bits per heavy atom. The third-order valence-electron chi connectivity index (χ3n) is 5.26. The van der Waals surface area contributed by atoms with Crippen molar-refractivity contribution in [2.24, 2.45) is 0 Å². The molecule has 0 unspecified atom stereocenters. The highest BCUT2D eigenvalue weighted by Crippen LogP contribution is 2.39. The molecule has 0 spiro atoms. The monoisotopic (exact) mass is 450 g/mol. The number of carbonyl (C=O) groups is 1. The van der Waals surface area contributed by atoms with Gasteiger partial charge < -0.3 is 10.1 Å². The molecular formula is C21H24BrClN2O2. The summed E-state index contributed by atoms with van der Waals surface area (Å²) in [6.45, 7) is 7.81. The number of likely N-dealkylation sites (N-methyl/N-ethyl adjacent to an activating group) is 1. The Bertz CT molecular complexity index is 883. The Morgan fingerprint density at radius 1 is 1.33 bits per heavy atom.